The van der Waals surface area contributed by atoms with E-state index < -0.39 is 5.75 Å². The number of phenolic OH excluding ortho intramolecular Hbond substituents is 2. The standard InChI is InChI=1S/C14H10O4/c15-7-9-1-3-10(4-2-9)12-6-5-11(8-16)13(17)14(12)18/h1-8,17-18H. The molecule has 0 fully saturated rings. The summed E-state index contributed by atoms with van der Waals surface area (Å²) in [5.74, 6) is -0.791. The van der Waals surface area contributed by atoms with Crippen LogP contribution in [-0.2, 0) is 0 Å². The Hall–Kier alpha value is -2.62. The summed E-state index contributed by atoms with van der Waals surface area (Å²) >= 11 is 0. The van der Waals surface area contributed by atoms with E-state index in [9.17, 15) is 19.8 Å². The molecule has 2 aromatic carbocycles. The Labute approximate surface area is 103 Å². The zero-order valence-electron chi connectivity index (χ0n) is 9.33. The van der Waals surface area contributed by atoms with Crippen molar-refractivity contribution in [3.8, 4) is 22.6 Å². The fourth-order valence-electron chi connectivity index (χ4n) is 1.66. The van der Waals surface area contributed by atoms with Crippen LogP contribution < -0.4 is 0 Å². The van der Waals surface area contributed by atoms with E-state index in [1.165, 1.54) is 12.1 Å². The second-order valence-corrected chi connectivity index (χ2v) is 3.76. The fraction of sp³-hybridized carbons (Fsp3) is 0. The molecule has 0 heterocycles. The number of carbonyl (C=O) groups excluding carboxylic acids is 2. The molecule has 0 aromatic heterocycles. The molecule has 0 aliphatic carbocycles. The molecular weight excluding hydrogens is 232 g/mol. The van der Waals surface area contributed by atoms with Crippen molar-refractivity contribution in [3.63, 3.8) is 0 Å². The second kappa shape index (κ2) is 4.71. The third-order valence-electron chi connectivity index (χ3n) is 2.67. The maximum absolute atomic E-state index is 10.6. The van der Waals surface area contributed by atoms with Gasteiger partial charge >= 0.3 is 0 Å². The minimum atomic E-state index is -0.443. The van der Waals surface area contributed by atoms with E-state index in [4.69, 9.17) is 0 Å². The quantitative estimate of drug-likeness (QED) is 0.640. The van der Waals surface area contributed by atoms with Crippen LogP contribution in [0.5, 0.6) is 11.5 Å². The van der Waals surface area contributed by atoms with Gasteiger partial charge < -0.3 is 10.2 Å². The smallest absolute Gasteiger partial charge is 0.168 e. The Morgan fingerprint density at radius 1 is 0.778 bits per heavy atom. The van der Waals surface area contributed by atoms with Gasteiger partial charge in [-0.3, -0.25) is 9.59 Å². The van der Waals surface area contributed by atoms with E-state index in [1.54, 1.807) is 24.3 Å². The maximum atomic E-state index is 10.6. The molecule has 0 radical (unpaired) electrons. The van der Waals surface area contributed by atoms with E-state index in [-0.39, 0.29) is 11.3 Å². The van der Waals surface area contributed by atoms with Crippen LogP contribution in [0.2, 0.25) is 0 Å². The van der Waals surface area contributed by atoms with E-state index in [0.717, 1.165) is 6.29 Å². The van der Waals surface area contributed by atoms with Crippen molar-refractivity contribution in [2.45, 2.75) is 0 Å². The molecule has 0 spiro atoms. The number of carbonyl (C=O) groups is 2. The molecule has 0 unspecified atom stereocenters. The van der Waals surface area contributed by atoms with Gasteiger partial charge in [-0.15, -0.1) is 0 Å². The van der Waals surface area contributed by atoms with Crippen LogP contribution in [0.3, 0.4) is 0 Å². The monoisotopic (exact) mass is 242 g/mol. The summed E-state index contributed by atoms with van der Waals surface area (Å²) in [6, 6.07) is 9.47. The average molecular weight is 242 g/mol. The van der Waals surface area contributed by atoms with E-state index in [0.29, 0.717) is 23.0 Å². The Morgan fingerprint density at radius 2 is 1.44 bits per heavy atom. The van der Waals surface area contributed by atoms with Gasteiger partial charge in [0.15, 0.2) is 17.8 Å². The van der Waals surface area contributed by atoms with Crippen LogP contribution in [-0.4, -0.2) is 22.8 Å². The van der Waals surface area contributed by atoms with Gasteiger partial charge in [0.1, 0.15) is 6.29 Å². The van der Waals surface area contributed by atoms with Gasteiger partial charge in [0.2, 0.25) is 0 Å². The number of hydrogen-bond donors (Lipinski definition) is 2. The Kier molecular flexibility index (Phi) is 3.10. The number of hydrogen-bond acceptors (Lipinski definition) is 4. The number of benzene rings is 2. The van der Waals surface area contributed by atoms with Gasteiger partial charge in [-0.1, -0.05) is 24.3 Å². The van der Waals surface area contributed by atoms with Gasteiger partial charge in [0, 0.05) is 11.1 Å². The highest BCUT2D eigenvalue weighted by atomic mass is 16.3. The van der Waals surface area contributed by atoms with Crippen molar-refractivity contribution in [3.05, 3.63) is 47.5 Å². The highest BCUT2D eigenvalue weighted by molar-refractivity contribution is 5.86. The average Bonchev–Trinajstić information content (AvgIpc) is 2.42. The highest BCUT2D eigenvalue weighted by Crippen LogP contribution is 2.38. The number of aldehydes is 2. The first-order chi connectivity index (χ1) is 8.67. The molecule has 18 heavy (non-hydrogen) atoms. The van der Waals surface area contributed by atoms with Crippen LogP contribution in [0.1, 0.15) is 20.7 Å². The number of aromatic hydroxyl groups is 2. The SMILES string of the molecule is O=Cc1ccc(-c2ccc(C=O)c(O)c2O)cc1. The van der Waals surface area contributed by atoms with Crippen LogP contribution in [0.4, 0.5) is 0 Å². The lowest BCUT2D eigenvalue weighted by Crippen LogP contribution is -1.86. The molecule has 90 valence electrons. The number of rotatable bonds is 3. The summed E-state index contributed by atoms with van der Waals surface area (Å²) in [5.41, 5.74) is 1.59. The summed E-state index contributed by atoms with van der Waals surface area (Å²) in [7, 11) is 0. The lowest BCUT2D eigenvalue weighted by Gasteiger charge is -2.08. The van der Waals surface area contributed by atoms with E-state index in [2.05, 4.69) is 0 Å². The Morgan fingerprint density at radius 3 is 2.00 bits per heavy atom. The first-order valence-corrected chi connectivity index (χ1v) is 5.23. The van der Waals surface area contributed by atoms with Crippen molar-refractivity contribution in [1.29, 1.82) is 0 Å². The van der Waals surface area contributed by atoms with Crippen molar-refractivity contribution < 1.29 is 19.8 Å². The molecule has 4 nitrogen and oxygen atoms in total. The normalized spacial score (nSPS) is 10.0. The Bertz CT molecular complexity index is 600. The van der Waals surface area contributed by atoms with Crippen LogP contribution in [0.15, 0.2) is 36.4 Å². The lowest BCUT2D eigenvalue weighted by atomic mass is 10.0. The summed E-state index contributed by atoms with van der Waals surface area (Å²) in [6.07, 6.45) is 1.19. The molecule has 0 aliphatic heterocycles. The van der Waals surface area contributed by atoms with Crippen molar-refractivity contribution >= 4 is 12.6 Å². The lowest BCUT2D eigenvalue weighted by molar-refractivity contribution is 0.111. The highest BCUT2D eigenvalue weighted by Gasteiger charge is 2.12. The summed E-state index contributed by atoms with van der Waals surface area (Å²) in [5, 5.41) is 19.4. The molecular formula is C14H10O4. The topological polar surface area (TPSA) is 74.6 Å². The van der Waals surface area contributed by atoms with Crippen molar-refractivity contribution in [2.75, 3.05) is 0 Å². The Balaban J connectivity index is 2.53. The molecule has 0 saturated heterocycles. The van der Waals surface area contributed by atoms with Gasteiger partial charge in [-0.2, -0.15) is 0 Å². The first-order valence-electron chi connectivity index (χ1n) is 5.23. The zero-order chi connectivity index (χ0) is 13.1. The molecule has 0 bridgehead atoms. The molecule has 0 amide bonds. The summed E-state index contributed by atoms with van der Waals surface area (Å²) in [4.78, 5) is 21.1. The van der Waals surface area contributed by atoms with Gasteiger partial charge in [-0.05, 0) is 17.7 Å². The molecule has 2 aromatic rings. The molecule has 4 heteroatoms. The first kappa shape index (κ1) is 11.9. The van der Waals surface area contributed by atoms with Gasteiger partial charge in [-0.25, -0.2) is 0 Å². The molecule has 2 rings (SSSR count). The van der Waals surface area contributed by atoms with Gasteiger partial charge in [0.25, 0.3) is 0 Å². The second-order valence-electron chi connectivity index (χ2n) is 3.76. The van der Waals surface area contributed by atoms with Crippen molar-refractivity contribution in [1.82, 2.24) is 0 Å². The predicted octanol–water partition coefficient (Wildman–Crippen LogP) is 2.39. The molecule has 0 atom stereocenters. The number of phenols is 2. The third kappa shape index (κ3) is 1.96. The molecule has 0 saturated carbocycles. The largest absolute Gasteiger partial charge is 0.504 e. The third-order valence-corrected chi connectivity index (χ3v) is 2.67. The van der Waals surface area contributed by atoms with Gasteiger partial charge in [0.05, 0.1) is 5.56 Å². The van der Waals surface area contributed by atoms with E-state index >= 15 is 0 Å². The minimum absolute atomic E-state index is 0.0285. The van der Waals surface area contributed by atoms with Crippen LogP contribution in [0, 0.1) is 0 Å². The van der Waals surface area contributed by atoms with Crippen LogP contribution >= 0.6 is 0 Å². The predicted molar refractivity (Wildman–Crippen MR) is 66.0 cm³/mol. The summed E-state index contributed by atoms with van der Waals surface area (Å²) in [6.45, 7) is 0. The molecule has 2 N–H and O–H groups in total. The fourth-order valence-corrected chi connectivity index (χ4v) is 1.66. The minimum Gasteiger partial charge on any atom is -0.504 e. The maximum Gasteiger partial charge on any atom is 0.168 e. The van der Waals surface area contributed by atoms with Crippen LogP contribution in [0.25, 0.3) is 11.1 Å². The van der Waals surface area contributed by atoms with E-state index in [1.807, 2.05) is 0 Å². The van der Waals surface area contributed by atoms with Crippen molar-refractivity contribution in [2.24, 2.45) is 0 Å². The summed E-state index contributed by atoms with van der Waals surface area (Å²) < 4.78 is 0. The molecule has 0 aliphatic rings. The zero-order valence-corrected chi connectivity index (χ0v) is 9.33.